The van der Waals surface area contributed by atoms with Crippen molar-refractivity contribution in [2.75, 3.05) is 7.11 Å². The highest BCUT2D eigenvalue weighted by Gasteiger charge is 2.02. The quantitative estimate of drug-likeness (QED) is 0.827. The molecule has 0 amide bonds. The number of rotatable bonds is 4. The van der Waals surface area contributed by atoms with Crippen LogP contribution in [0.3, 0.4) is 0 Å². The highest BCUT2D eigenvalue weighted by atomic mass is 16.5. The third kappa shape index (κ3) is 2.20. The van der Waals surface area contributed by atoms with E-state index in [9.17, 15) is 0 Å². The van der Waals surface area contributed by atoms with Crippen molar-refractivity contribution in [1.82, 2.24) is 14.5 Å². The van der Waals surface area contributed by atoms with Crippen LogP contribution in [-0.4, -0.2) is 26.8 Å². The molecule has 5 nitrogen and oxygen atoms in total. The minimum atomic E-state index is -0.0103. The van der Waals surface area contributed by atoms with Crippen LogP contribution in [0.15, 0.2) is 30.9 Å². The lowest BCUT2D eigenvalue weighted by Crippen LogP contribution is -2.03. The smallest absolute Gasteiger partial charge is 0.212 e. The van der Waals surface area contributed by atoms with Crippen LogP contribution >= 0.6 is 0 Å². The molecule has 0 unspecified atom stereocenters. The standard InChI is InChI=1S/C11H13N3O2/c1-16-11-3-2-9(4-13-11)6-14-8-12-5-10(14)7-15/h2-5,8,15H,6-7H2,1H3. The highest BCUT2D eigenvalue weighted by molar-refractivity contribution is 5.18. The summed E-state index contributed by atoms with van der Waals surface area (Å²) in [6.45, 7) is 0.635. The summed E-state index contributed by atoms with van der Waals surface area (Å²) in [7, 11) is 1.59. The predicted molar refractivity (Wildman–Crippen MR) is 58.0 cm³/mol. The van der Waals surface area contributed by atoms with Gasteiger partial charge >= 0.3 is 0 Å². The lowest BCUT2D eigenvalue weighted by Gasteiger charge is -2.06. The Bertz CT molecular complexity index is 451. The number of pyridine rings is 1. The second-order valence-electron chi connectivity index (χ2n) is 3.38. The van der Waals surface area contributed by atoms with Crippen molar-refractivity contribution in [3.8, 4) is 5.88 Å². The Kier molecular flexibility index (Phi) is 3.16. The van der Waals surface area contributed by atoms with E-state index in [0.717, 1.165) is 11.3 Å². The van der Waals surface area contributed by atoms with Gasteiger partial charge in [-0.05, 0) is 5.56 Å². The van der Waals surface area contributed by atoms with Crippen molar-refractivity contribution >= 4 is 0 Å². The first kappa shape index (κ1) is 10.6. The van der Waals surface area contributed by atoms with Crippen LogP contribution in [0.25, 0.3) is 0 Å². The molecule has 0 fully saturated rings. The average molecular weight is 219 g/mol. The molecule has 0 aliphatic heterocycles. The van der Waals surface area contributed by atoms with Gasteiger partial charge < -0.3 is 14.4 Å². The van der Waals surface area contributed by atoms with Crippen molar-refractivity contribution in [3.63, 3.8) is 0 Å². The van der Waals surface area contributed by atoms with Gasteiger partial charge in [0.15, 0.2) is 0 Å². The number of aromatic nitrogens is 3. The van der Waals surface area contributed by atoms with Crippen LogP contribution in [0.5, 0.6) is 5.88 Å². The summed E-state index contributed by atoms with van der Waals surface area (Å²) in [5, 5.41) is 9.07. The minimum Gasteiger partial charge on any atom is -0.481 e. The maximum Gasteiger partial charge on any atom is 0.212 e. The van der Waals surface area contributed by atoms with E-state index in [1.54, 1.807) is 25.8 Å². The zero-order valence-electron chi connectivity index (χ0n) is 9.00. The Morgan fingerprint density at radius 3 is 2.88 bits per heavy atom. The normalized spacial score (nSPS) is 10.4. The summed E-state index contributed by atoms with van der Waals surface area (Å²) >= 11 is 0. The fraction of sp³-hybridized carbons (Fsp3) is 0.273. The second kappa shape index (κ2) is 4.76. The van der Waals surface area contributed by atoms with Gasteiger partial charge in [-0.15, -0.1) is 0 Å². The molecular formula is C11H13N3O2. The number of aliphatic hydroxyl groups is 1. The molecule has 0 atom stereocenters. The number of nitrogens with zero attached hydrogens (tertiary/aromatic N) is 3. The third-order valence-electron chi connectivity index (χ3n) is 2.32. The van der Waals surface area contributed by atoms with E-state index in [2.05, 4.69) is 9.97 Å². The van der Waals surface area contributed by atoms with Gasteiger partial charge in [0.2, 0.25) is 5.88 Å². The topological polar surface area (TPSA) is 60.2 Å². The van der Waals surface area contributed by atoms with Gasteiger partial charge in [0.25, 0.3) is 0 Å². The van der Waals surface area contributed by atoms with Crippen LogP contribution < -0.4 is 4.74 Å². The van der Waals surface area contributed by atoms with Crippen molar-refractivity contribution < 1.29 is 9.84 Å². The molecule has 2 aromatic rings. The summed E-state index contributed by atoms with van der Waals surface area (Å²) < 4.78 is 6.86. The average Bonchev–Trinajstić information content (AvgIpc) is 2.77. The first-order chi connectivity index (χ1) is 7.83. The fourth-order valence-corrected chi connectivity index (χ4v) is 1.44. The van der Waals surface area contributed by atoms with Gasteiger partial charge in [-0.25, -0.2) is 9.97 Å². The molecule has 0 aromatic carbocycles. The summed E-state index contributed by atoms with van der Waals surface area (Å²) in [6.07, 6.45) is 5.09. The van der Waals surface area contributed by atoms with Crippen LogP contribution in [-0.2, 0) is 13.2 Å². The van der Waals surface area contributed by atoms with E-state index in [4.69, 9.17) is 9.84 Å². The van der Waals surface area contributed by atoms with E-state index in [1.807, 2.05) is 16.7 Å². The van der Waals surface area contributed by atoms with Gasteiger partial charge in [-0.1, -0.05) is 6.07 Å². The van der Waals surface area contributed by atoms with Crippen LogP contribution in [0, 0.1) is 0 Å². The van der Waals surface area contributed by atoms with Crippen LogP contribution in [0.2, 0.25) is 0 Å². The molecule has 0 radical (unpaired) electrons. The highest BCUT2D eigenvalue weighted by Crippen LogP contribution is 2.09. The number of methoxy groups -OCH3 is 1. The van der Waals surface area contributed by atoms with Crippen LogP contribution in [0.4, 0.5) is 0 Å². The monoisotopic (exact) mass is 219 g/mol. The molecule has 0 bridgehead atoms. The predicted octanol–water partition coefficient (Wildman–Crippen LogP) is 0.827. The number of imidazole rings is 1. The molecule has 2 heterocycles. The number of hydrogen-bond donors (Lipinski definition) is 1. The number of aliphatic hydroxyl groups excluding tert-OH is 1. The molecule has 0 aliphatic rings. The lowest BCUT2D eigenvalue weighted by molar-refractivity contribution is 0.271. The summed E-state index contributed by atoms with van der Waals surface area (Å²) in [5.74, 6) is 0.594. The molecule has 5 heteroatoms. The molecular weight excluding hydrogens is 206 g/mol. The molecule has 0 saturated carbocycles. The first-order valence-electron chi connectivity index (χ1n) is 4.92. The Hall–Kier alpha value is -1.88. The fourth-order valence-electron chi connectivity index (χ4n) is 1.44. The SMILES string of the molecule is COc1ccc(Cn2cncc2CO)cn1. The number of ether oxygens (including phenoxy) is 1. The molecule has 0 saturated heterocycles. The van der Waals surface area contributed by atoms with E-state index >= 15 is 0 Å². The molecule has 16 heavy (non-hydrogen) atoms. The Balaban J connectivity index is 2.14. The van der Waals surface area contributed by atoms with Gasteiger partial charge in [0.05, 0.1) is 38.5 Å². The second-order valence-corrected chi connectivity index (χ2v) is 3.38. The van der Waals surface area contributed by atoms with E-state index in [-0.39, 0.29) is 6.61 Å². The molecule has 0 spiro atoms. The third-order valence-corrected chi connectivity index (χ3v) is 2.32. The summed E-state index contributed by atoms with van der Waals surface area (Å²) in [4.78, 5) is 8.10. The maximum absolute atomic E-state index is 9.07. The van der Waals surface area contributed by atoms with E-state index in [1.165, 1.54) is 0 Å². The zero-order chi connectivity index (χ0) is 11.4. The summed E-state index contributed by atoms with van der Waals surface area (Å²) in [5.41, 5.74) is 1.82. The summed E-state index contributed by atoms with van der Waals surface area (Å²) in [6, 6.07) is 3.75. The van der Waals surface area contributed by atoms with Crippen molar-refractivity contribution in [2.45, 2.75) is 13.2 Å². The van der Waals surface area contributed by atoms with Gasteiger partial charge in [-0.3, -0.25) is 0 Å². The van der Waals surface area contributed by atoms with Crippen molar-refractivity contribution in [3.05, 3.63) is 42.1 Å². The van der Waals surface area contributed by atoms with Gasteiger partial charge in [0, 0.05) is 12.3 Å². The van der Waals surface area contributed by atoms with Crippen molar-refractivity contribution in [2.24, 2.45) is 0 Å². The van der Waals surface area contributed by atoms with Crippen LogP contribution in [0.1, 0.15) is 11.3 Å². The van der Waals surface area contributed by atoms with Gasteiger partial charge in [-0.2, -0.15) is 0 Å². The Morgan fingerprint density at radius 2 is 2.25 bits per heavy atom. The number of hydrogen-bond acceptors (Lipinski definition) is 4. The van der Waals surface area contributed by atoms with Crippen molar-refractivity contribution in [1.29, 1.82) is 0 Å². The first-order valence-corrected chi connectivity index (χ1v) is 4.92. The largest absolute Gasteiger partial charge is 0.481 e. The molecule has 84 valence electrons. The Labute approximate surface area is 93.3 Å². The maximum atomic E-state index is 9.07. The molecule has 0 aliphatic carbocycles. The zero-order valence-corrected chi connectivity index (χ0v) is 9.00. The lowest BCUT2D eigenvalue weighted by atomic mass is 10.3. The molecule has 2 aromatic heterocycles. The molecule has 1 N–H and O–H groups in total. The van der Waals surface area contributed by atoms with E-state index < -0.39 is 0 Å². The molecule has 2 rings (SSSR count). The Morgan fingerprint density at radius 1 is 1.38 bits per heavy atom. The minimum absolute atomic E-state index is 0.0103. The van der Waals surface area contributed by atoms with E-state index in [0.29, 0.717) is 12.4 Å². The van der Waals surface area contributed by atoms with Gasteiger partial charge in [0.1, 0.15) is 0 Å².